The molecule has 1 N–H and O–H groups in total. The molecule has 0 aliphatic carbocycles. The molecule has 1 aliphatic heterocycles. The van der Waals surface area contributed by atoms with Crippen LogP contribution >= 0.6 is 0 Å². The average Bonchev–Trinajstić information content (AvgIpc) is 3.22. The Hall–Kier alpha value is -3.48. The van der Waals surface area contributed by atoms with Gasteiger partial charge in [0.05, 0.1) is 5.69 Å². The topological polar surface area (TPSA) is 54.2 Å². The molecule has 0 spiro atoms. The van der Waals surface area contributed by atoms with Crippen LogP contribution in [0.15, 0.2) is 60.7 Å². The van der Waals surface area contributed by atoms with Gasteiger partial charge in [0.1, 0.15) is 11.0 Å². The highest BCUT2D eigenvalue weighted by Crippen LogP contribution is 2.32. The van der Waals surface area contributed by atoms with Crippen LogP contribution in [0.25, 0.3) is 16.7 Å². The number of hydrogen-bond donors (Lipinski definition) is 1. The van der Waals surface area contributed by atoms with Crippen LogP contribution in [-0.4, -0.2) is 33.2 Å². The Labute approximate surface area is 172 Å². The maximum absolute atomic E-state index is 14.4. The van der Waals surface area contributed by atoms with Crippen LogP contribution in [0, 0.1) is 11.6 Å². The Morgan fingerprint density at radius 1 is 0.900 bits per heavy atom. The van der Waals surface area contributed by atoms with Crippen molar-refractivity contribution in [2.75, 3.05) is 18.0 Å². The highest BCUT2D eigenvalue weighted by Gasteiger charge is 2.22. The summed E-state index contributed by atoms with van der Waals surface area (Å²) in [4.78, 5) is 2.34. The molecule has 2 heterocycles. The van der Waals surface area contributed by atoms with Crippen LogP contribution in [-0.2, 0) is 0 Å². The highest BCUT2D eigenvalue weighted by molar-refractivity contribution is 5.79. The summed E-state index contributed by atoms with van der Waals surface area (Å²) in [6.07, 6.45) is 2.19. The number of nitrogens with zero attached hydrogens (tertiary/aromatic N) is 4. The maximum Gasteiger partial charge on any atom is 0.195 e. The van der Waals surface area contributed by atoms with Crippen LogP contribution in [0.2, 0.25) is 0 Å². The minimum atomic E-state index is -1.07. The fraction of sp³-hybridized carbons (Fsp3) is 0.217. The van der Waals surface area contributed by atoms with Gasteiger partial charge >= 0.3 is 0 Å². The SMILES string of the molecule is Oc1c(F)cc2nnn(-c3ccc(N4CCC(c5ccccc5)CC4)cc3)c2c1F. The summed E-state index contributed by atoms with van der Waals surface area (Å²) in [6.45, 7) is 1.93. The Bertz CT molecular complexity index is 1180. The summed E-state index contributed by atoms with van der Waals surface area (Å²) in [6, 6.07) is 19.2. The molecule has 1 saturated heterocycles. The molecule has 0 bridgehead atoms. The van der Waals surface area contributed by atoms with E-state index in [9.17, 15) is 13.9 Å². The molecule has 4 aromatic rings. The van der Waals surface area contributed by atoms with Crippen molar-refractivity contribution < 1.29 is 13.9 Å². The molecule has 1 aliphatic rings. The largest absolute Gasteiger partial charge is 0.503 e. The van der Waals surface area contributed by atoms with Crippen molar-refractivity contribution in [2.24, 2.45) is 0 Å². The molecule has 152 valence electrons. The number of hydrogen-bond acceptors (Lipinski definition) is 4. The summed E-state index contributed by atoms with van der Waals surface area (Å²) < 4.78 is 29.2. The number of aromatic nitrogens is 3. The average molecular weight is 406 g/mol. The first kappa shape index (κ1) is 18.5. The van der Waals surface area contributed by atoms with Crippen molar-refractivity contribution in [3.63, 3.8) is 0 Å². The zero-order chi connectivity index (χ0) is 20.7. The van der Waals surface area contributed by atoms with Crippen LogP contribution in [0.1, 0.15) is 24.3 Å². The zero-order valence-corrected chi connectivity index (χ0v) is 16.2. The molecule has 30 heavy (non-hydrogen) atoms. The Kier molecular flexibility index (Phi) is 4.58. The van der Waals surface area contributed by atoms with Gasteiger partial charge in [-0.25, -0.2) is 13.5 Å². The molecule has 3 aromatic carbocycles. The number of fused-ring (bicyclic) bond motifs is 1. The first-order chi connectivity index (χ1) is 14.6. The van der Waals surface area contributed by atoms with Gasteiger partial charge in [0.25, 0.3) is 0 Å². The van der Waals surface area contributed by atoms with Gasteiger partial charge < -0.3 is 10.0 Å². The summed E-state index contributed by atoms with van der Waals surface area (Å²) in [5.41, 5.74) is 3.07. The second-order valence-electron chi connectivity index (χ2n) is 7.58. The Morgan fingerprint density at radius 3 is 2.27 bits per heavy atom. The van der Waals surface area contributed by atoms with Crippen molar-refractivity contribution in [1.29, 1.82) is 0 Å². The molecular weight excluding hydrogens is 386 g/mol. The quantitative estimate of drug-likeness (QED) is 0.532. The van der Waals surface area contributed by atoms with Crippen LogP contribution in [0.5, 0.6) is 5.75 Å². The van der Waals surface area contributed by atoms with Crippen molar-refractivity contribution in [2.45, 2.75) is 18.8 Å². The summed E-state index contributed by atoms with van der Waals surface area (Å²) in [5, 5.41) is 17.3. The van der Waals surface area contributed by atoms with Gasteiger partial charge in [-0.1, -0.05) is 35.5 Å². The third kappa shape index (κ3) is 3.16. The van der Waals surface area contributed by atoms with Gasteiger partial charge in [0.15, 0.2) is 17.4 Å². The molecular formula is C23H20F2N4O. The lowest BCUT2D eigenvalue weighted by atomic mass is 9.89. The van der Waals surface area contributed by atoms with E-state index in [-0.39, 0.29) is 11.0 Å². The first-order valence-electron chi connectivity index (χ1n) is 9.94. The summed E-state index contributed by atoms with van der Waals surface area (Å²) in [5.74, 6) is -2.56. The number of phenols is 1. The lowest BCUT2D eigenvalue weighted by molar-refractivity contribution is 0.399. The van der Waals surface area contributed by atoms with Gasteiger partial charge in [-0.3, -0.25) is 0 Å². The summed E-state index contributed by atoms with van der Waals surface area (Å²) in [7, 11) is 0. The second kappa shape index (κ2) is 7.40. The monoisotopic (exact) mass is 406 g/mol. The molecule has 0 atom stereocenters. The van der Waals surface area contributed by atoms with Crippen LogP contribution in [0.4, 0.5) is 14.5 Å². The smallest absolute Gasteiger partial charge is 0.195 e. The molecule has 0 unspecified atom stereocenters. The van der Waals surface area contributed by atoms with E-state index in [1.165, 1.54) is 10.2 Å². The number of benzene rings is 3. The number of phenolic OH excluding ortho intramolecular Hbond substituents is 1. The molecule has 1 aromatic heterocycles. The number of aromatic hydroxyl groups is 1. The van der Waals surface area contributed by atoms with E-state index in [2.05, 4.69) is 39.5 Å². The first-order valence-corrected chi connectivity index (χ1v) is 9.94. The molecule has 1 fully saturated rings. The third-order valence-corrected chi connectivity index (χ3v) is 5.83. The highest BCUT2D eigenvalue weighted by atomic mass is 19.1. The van der Waals surface area contributed by atoms with Crippen LogP contribution < -0.4 is 4.90 Å². The van der Waals surface area contributed by atoms with E-state index >= 15 is 0 Å². The molecule has 5 rings (SSSR count). The van der Waals surface area contributed by atoms with E-state index < -0.39 is 17.4 Å². The predicted molar refractivity (Wildman–Crippen MR) is 111 cm³/mol. The van der Waals surface area contributed by atoms with Gasteiger partial charge in [0, 0.05) is 24.8 Å². The zero-order valence-electron chi connectivity index (χ0n) is 16.2. The number of anilines is 1. The minimum absolute atomic E-state index is 0.0506. The summed E-state index contributed by atoms with van der Waals surface area (Å²) >= 11 is 0. The lowest BCUT2D eigenvalue weighted by Gasteiger charge is -2.34. The van der Waals surface area contributed by atoms with Crippen molar-refractivity contribution in [3.8, 4) is 11.4 Å². The molecule has 5 nitrogen and oxygen atoms in total. The normalized spacial score (nSPS) is 15.1. The van der Waals surface area contributed by atoms with Gasteiger partial charge in [-0.05, 0) is 48.6 Å². The number of piperidine rings is 1. The van der Waals surface area contributed by atoms with Gasteiger partial charge in [-0.15, -0.1) is 5.10 Å². The predicted octanol–water partition coefficient (Wildman–Crippen LogP) is 4.79. The van der Waals surface area contributed by atoms with E-state index in [4.69, 9.17) is 0 Å². The second-order valence-corrected chi connectivity index (χ2v) is 7.58. The number of rotatable bonds is 3. The Morgan fingerprint density at radius 2 is 1.57 bits per heavy atom. The van der Waals surface area contributed by atoms with Gasteiger partial charge in [-0.2, -0.15) is 0 Å². The fourth-order valence-corrected chi connectivity index (χ4v) is 4.18. The molecule has 0 radical (unpaired) electrons. The van der Waals surface area contributed by atoms with Crippen molar-refractivity contribution in [3.05, 3.63) is 77.9 Å². The Balaban J connectivity index is 1.36. The fourth-order valence-electron chi connectivity index (χ4n) is 4.18. The standard InChI is InChI=1S/C23H20F2N4O/c24-19-14-20-22(21(25)23(19)30)29(27-26-20)18-8-6-17(7-9-18)28-12-10-16(11-13-28)15-4-2-1-3-5-15/h1-9,14,16,30H,10-13H2. The van der Waals surface area contributed by atoms with Crippen molar-refractivity contribution in [1.82, 2.24) is 15.0 Å². The molecule has 0 saturated carbocycles. The third-order valence-electron chi connectivity index (χ3n) is 5.83. The maximum atomic E-state index is 14.4. The van der Waals surface area contributed by atoms with E-state index in [0.717, 1.165) is 37.7 Å². The van der Waals surface area contributed by atoms with E-state index in [1.54, 1.807) is 0 Å². The van der Waals surface area contributed by atoms with Gasteiger partial charge in [0.2, 0.25) is 0 Å². The number of halogens is 2. The van der Waals surface area contributed by atoms with E-state index in [0.29, 0.717) is 11.6 Å². The molecule has 7 heteroatoms. The minimum Gasteiger partial charge on any atom is -0.503 e. The lowest BCUT2D eigenvalue weighted by Crippen LogP contribution is -2.32. The van der Waals surface area contributed by atoms with Crippen LogP contribution in [0.3, 0.4) is 0 Å². The van der Waals surface area contributed by atoms with E-state index in [1.807, 2.05) is 30.3 Å². The molecule has 0 amide bonds. The van der Waals surface area contributed by atoms with Crippen molar-refractivity contribution >= 4 is 16.7 Å².